The summed E-state index contributed by atoms with van der Waals surface area (Å²) >= 11 is 0. The number of aryl methyl sites for hydroxylation is 2. The van der Waals surface area contributed by atoms with Crippen LogP contribution in [-0.2, 0) is 7.05 Å². The predicted molar refractivity (Wildman–Crippen MR) is 61.3 cm³/mol. The molecule has 0 radical (unpaired) electrons. The standard InChI is InChI=1S/C11H15N5/c1-8-7-13-4-3-9(8)10(15-12)11-14-5-6-16(11)2/h3-7,10,15H,12H2,1-2H3. The van der Waals surface area contributed by atoms with Crippen LogP contribution < -0.4 is 11.3 Å². The van der Waals surface area contributed by atoms with E-state index >= 15 is 0 Å². The van der Waals surface area contributed by atoms with Crippen LogP contribution in [0.4, 0.5) is 0 Å². The molecule has 1 unspecified atom stereocenters. The highest BCUT2D eigenvalue weighted by atomic mass is 15.3. The molecule has 0 saturated heterocycles. The Balaban J connectivity index is 2.45. The third-order valence-electron chi connectivity index (χ3n) is 2.66. The maximum atomic E-state index is 5.61. The Morgan fingerprint density at radius 3 is 2.81 bits per heavy atom. The van der Waals surface area contributed by atoms with Crippen LogP contribution in [0, 0.1) is 6.92 Å². The van der Waals surface area contributed by atoms with Crippen molar-refractivity contribution in [3.8, 4) is 0 Å². The van der Waals surface area contributed by atoms with E-state index in [1.165, 1.54) is 0 Å². The highest BCUT2D eigenvalue weighted by Gasteiger charge is 2.18. The first-order valence-corrected chi connectivity index (χ1v) is 5.08. The Morgan fingerprint density at radius 1 is 1.44 bits per heavy atom. The van der Waals surface area contributed by atoms with Crippen LogP contribution in [0.2, 0.25) is 0 Å². The topological polar surface area (TPSA) is 68.8 Å². The van der Waals surface area contributed by atoms with Crippen molar-refractivity contribution in [3.63, 3.8) is 0 Å². The van der Waals surface area contributed by atoms with Crippen LogP contribution in [0.25, 0.3) is 0 Å². The molecule has 5 nitrogen and oxygen atoms in total. The summed E-state index contributed by atoms with van der Waals surface area (Å²) in [5.41, 5.74) is 4.97. The number of imidazole rings is 1. The third kappa shape index (κ3) is 1.82. The van der Waals surface area contributed by atoms with E-state index in [0.29, 0.717) is 0 Å². The fourth-order valence-corrected chi connectivity index (χ4v) is 1.77. The van der Waals surface area contributed by atoms with Crippen molar-refractivity contribution in [3.05, 3.63) is 47.8 Å². The van der Waals surface area contributed by atoms with Gasteiger partial charge in [0.05, 0.1) is 0 Å². The lowest BCUT2D eigenvalue weighted by atomic mass is 10.0. The molecular formula is C11H15N5. The van der Waals surface area contributed by atoms with Gasteiger partial charge < -0.3 is 4.57 Å². The minimum atomic E-state index is -0.108. The average Bonchev–Trinajstić information content (AvgIpc) is 2.69. The molecule has 2 aromatic rings. The molecule has 84 valence electrons. The number of hydrogen-bond acceptors (Lipinski definition) is 4. The first-order valence-electron chi connectivity index (χ1n) is 5.08. The van der Waals surface area contributed by atoms with Crippen LogP contribution in [-0.4, -0.2) is 14.5 Å². The molecule has 3 N–H and O–H groups in total. The van der Waals surface area contributed by atoms with Gasteiger partial charge in [-0.3, -0.25) is 10.8 Å². The van der Waals surface area contributed by atoms with Gasteiger partial charge in [-0.2, -0.15) is 0 Å². The first kappa shape index (κ1) is 10.8. The van der Waals surface area contributed by atoms with E-state index in [4.69, 9.17) is 5.84 Å². The molecule has 0 amide bonds. The van der Waals surface area contributed by atoms with Crippen molar-refractivity contribution < 1.29 is 0 Å². The van der Waals surface area contributed by atoms with Crippen LogP contribution in [0.1, 0.15) is 23.0 Å². The summed E-state index contributed by atoms with van der Waals surface area (Å²) < 4.78 is 1.95. The van der Waals surface area contributed by atoms with Crippen molar-refractivity contribution in [1.82, 2.24) is 20.0 Å². The van der Waals surface area contributed by atoms with Gasteiger partial charge >= 0.3 is 0 Å². The summed E-state index contributed by atoms with van der Waals surface area (Å²) in [5, 5.41) is 0. The van der Waals surface area contributed by atoms with Gasteiger partial charge in [-0.05, 0) is 24.1 Å². The van der Waals surface area contributed by atoms with Gasteiger partial charge in [0.2, 0.25) is 0 Å². The van der Waals surface area contributed by atoms with E-state index in [1.807, 2.05) is 37.0 Å². The highest BCUT2D eigenvalue weighted by molar-refractivity contribution is 5.30. The Hall–Kier alpha value is -1.72. The van der Waals surface area contributed by atoms with E-state index in [9.17, 15) is 0 Å². The molecule has 0 spiro atoms. The molecule has 0 fully saturated rings. The highest BCUT2D eigenvalue weighted by Crippen LogP contribution is 2.21. The molecule has 1 atom stereocenters. The van der Waals surface area contributed by atoms with Gasteiger partial charge in [0.25, 0.3) is 0 Å². The van der Waals surface area contributed by atoms with Crippen LogP contribution >= 0.6 is 0 Å². The molecule has 16 heavy (non-hydrogen) atoms. The second kappa shape index (κ2) is 4.42. The lowest BCUT2D eigenvalue weighted by Gasteiger charge is -2.17. The maximum Gasteiger partial charge on any atom is 0.131 e. The van der Waals surface area contributed by atoms with Crippen molar-refractivity contribution in [2.75, 3.05) is 0 Å². The monoisotopic (exact) mass is 217 g/mol. The largest absolute Gasteiger partial charge is 0.336 e. The average molecular weight is 217 g/mol. The molecule has 0 aliphatic heterocycles. The van der Waals surface area contributed by atoms with E-state index < -0.39 is 0 Å². The fraction of sp³-hybridized carbons (Fsp3) is 0.273. The van der Waals surface area contributed by atoms with E-state index in [2.05, 4.69) is 15.4 Å². The smallest absolute Gasteiger partial charge is 0.131 e. The number of nitrogens with two attached hydrogens (primary N) is 1. The summed E-state index contributed by atoms with van der Waals surface area (Å²) in [6, 6.07) is 1.84. The zero-order valence-corrected chi connectivity index (χ0v) is 9.38. The quantitative estimate of drug-likeness (QED) is 0.586. The Morgan fingerprint density at radius 2 is 2.25 bits per heavy atom. The van der Waals surface area contributed by atoms with Gasteiger partial charge in [-0.15, -0.1) is 0 Å². The summed E-state index contributed by atoms with van der Waals surface area (Å²) in [4.78, 5) is 8.37. The summed E-state index contributed by atoms with van der Waals surface area (Å²) in [7, 11) is 1.95. The van der Waals surface area contributed by atoms with Crippen molar-refractivity contribution in [2.24, 2.45) is 12.9 Å². The van der Waals surface area contributed by atoms with Crippen LogP contribution in [0.5, 0.6) is 0 Å². The first-order chi connectivity index (χ1) is 7.74. The maximum absolute atomic E-state index is 5.61. The minimum absolute atomic E-state index is 0.108. The van der Waals surface area contributed by atoms with E-state index in [0.717, 1.165) is 17.0 Å². The van der Waals surface area contributed by atoms with Crippen LogP contribution in [0.15, 0.2) is 30.9 Å². The number of nitrogens with one attached hydrogen (secondary N) is 1. The van der Waals surface area contributed by atoms with Crippen molar-refractivity contribution >= 4 is 0 Å². The number of nitrogens with zero attached hydrogens (tertiary/aromatic N) is 3. The molecule has 0 aromatic carbocycles. The fourth-order valence-electron chi connectivity index (χ4n) is 1.77. The second-order valence-corrected chi connectivity index (χ2v) is 3.73. The number of rotatable bonds is 3. The van der Waals surface area contributed by atoms with Gasteiger partial charge in [0.1, 0.15) is 11.9 Å². The molecule has 0 saturated carbocycles. The van der Waals surface area contributed by atoms with Crippen LogP contribution in [0.3, 0.4) is 0 Å². The Labute approximate surface area is 94.3 Å². The molecule has 5 heteroatoms. The summed E-state index contributed by atoms with van der Waals surface area (Å²) in [6.45, 7) is 2.01. The minimum Gasteiger partial charge on any atom is -0.336 e. The van der Waals surface area contributed by atoms with Gasteiger partial charge in [0.15, 0.2) is 0 Å². The number of pyridine rings is 1. The zero-order chi connectivity index (χ0) is 11.5. The zero-order valence-electron chi connectivity index (χ0n) is 9.38. The number of aromatic nitrogens is 3. The van der Waals surface area contributed by atoms with Crippen molar-refractivity contribution in [1.29, 1.82) is 0 Å². The molecule has 2 heterocycles. The lowest BCUT2D eigenvalue weighted by Crippen LogP contribution is -2.31. The summed E-state index contributed by atoms with van der Waals surface area (Å²) in [5.74, 6) is 6.50. The molecule has 0 aliphatic rings. The lowest BCUT2D eigenvalue weighted by molar-refractivity contribution is 0.577. The normalized spacial score (nSPS) is 12.7. The second-order valence-electron chi connectivity index (χ2n) is 3.73. The molecule has 0 bridgehead atoms. The predicted octanol–water partition coefficient (Wildman–Crippen LogP) is 0.676. The van der Waals surface area contributed by atoms with Gasteiger partial charge in [-0.1, -0.05) is 0 Å². The summed E-state index contributed by atoms with van der Waals surface area (Å²) in [6.07, 6.45) is 7.24. The van der Waals surface area contributed by atoms with Gasteiger partial charge in [-0.25, -0.2) is 10.4 Å². The Kier molecular flexibility index (Phi) is 2.98. The molecule has 0 aliphatic carbocycles. The SMILES string of the molecule is Cc1cnccc1C(NN)c1nccn1C. The van der Waals surface area contributed by atoms with E-state index in [-0.39, 0.29) is 6.04 Å². The number of hydrazine groups is 1. The third-order valence-corrected chi connectivity index (χ3v) is 2.66. The number of hydrogen-bond donors (Lipinski definition) is 2. The van der Waals surface area contributed by atoms with Crippen molar-refractivity contribution in [2.45, 2.75) is 13.0 Å². The van der Waals surface area contributed by atoms with Gasteiger partial charge in [0, 0.05) is 31.8 Å². The molecular weight excluding hydrogens is 202 g/mol. The molecule has 2 aromatic heterocycles. The van der Waals surface area contributed by atoms with E-state index in [1.54, 1.807) is 12.4 Å². The Bertz CT molecular complexity index is 477. The molecule has 2 rings (SSSR count).